The van der Waals surface area contributed by atoms with Crippen LogP contribution in [0.15, 0.2) is 35.0 Å². The number of amides is 3. The molecule has 2 aliphatic rings. The Labute approximate surface area is 206 Å². The highest BCUT2D eigenvalue weighted by atomic mass is 32.2. The van der Waals surface area contributed by atoms with E-state index in [-0.39, 0.29) is 28.7 Å². The molecule has 0 aromatic heterocycles. The fraction of sp³-hybridized carbons (Fsp3) is 0.542. The Morgan fingerprint density at radius 1 is 1.18 bits per heavy atom. The molecule has 0 unspecified atom stereocenters. The van der Waals surface area contributed by atoms with E-state index in [0.717, 1.165) is 25.3 Å². The van der Waals surface area contributed by atoms with Crippen LogP contribution in [0.4, 0.5) is 5.69 Å². The van der Waals surface area contributed by atoms with Gasteiger partial charge < -0.3 is 31.1 Å². The Morgan fingerprint density at radius 2 is 1.85 bits per heavy atom. The Bertz CT molecular complexity index is 914. The first-order valence-corrected chi connectivity index (χ1v) is 12.8. The minimum absolute atomic E-state index is 0.0705. The second-order valence-electron chi connectivity index (χ2n) is 8.49. The lowest BCUT2D eigenvalue weighted by Crippen LogP contribution is -2.35. The van der Waals surface area contributed by atoms with E-state index in [1.165, 1.54) is 29.5 Å². The third kappa shape index (κ3) is 6.24. The van der Waals surface area contributed by atoms with Crippen LogP contribution in [0, 0.1) is 0 Å². The standard InChI is InChI=1S/C24H36N6O3S/c1-4-28(3)23(33)20(25)24-30(5-2)22(32)19(34-24)16-27-18-10-8-17(9-11-18)21(31)26-12-15-29-13-6-7-14-29/h8-11,19,27H,4-7,12-16,25H2,1-3H3,(H,26,31)/b24-20+/t19-/m1/s1. The molecule has 4 N–H and O–H groups in total. The van der Waals surface area contributed by atoms with Crippen molar-refractivity contribution in [3.63, 3.8) is 0 Å². The zero-order chi connectivity index (χ0) is 24.7. The molecule has 2 aliphatic heterocycles. The predicted molar refractivity (Wildman–Crippen MR) is 136 cm³/mol. The normalized spacial score (nSPS) is 19.9. The number of rotatable bonds is 10. The highest BCUT2D eigenvalue weighted by Gasteiger charge is 2.38. The molecule has 0 aliphatic carbocycles. The van der Waals surface area contributed by atoms with Crippen molar-refractivity contribution in [1.29, 1.82) is 0 Å². The number of anilines is 1. The van der Waals surface area contributed by atoms with Gasteiger partial charge in [-0.3, -0.25) is 14.4 Å². The minimum atomic E-state index is -0.387. The third-order valence-electron chi connectivity index (χ3n) is 6.19. The molecule has 186 valence electrons. The van der Waals surface area contributed by atoms with Gasteiger partial charge in [-0.05, 0) is 64.0 Å². The third-order valence-corrected chi connectivity index (χ3v) is 7.51. The molecule has 1 aromatic rings. The van der Waals surface area contributed by atoms with Crippen molar-refractivity contribution in [1.82, 2.24) is 20.0 Å². The zero-order valence-electron chi connectivity index (χ0n) is 20.3. The Morgan fingerprint density at radius 3 is 2.47 bits per heavy atom. The first-order valence-electron chi connectivity index (χ1n) is 11.9. The van der Waals surface area contributed by atoms with Gasteiger partial charge in [-0.15, -0.1) is 0 Å². The van der Waals surface area contributed by atoms with Gasteiger partial charge in [-0.25, -0.2) is 0 Å². The van der Waals surface area contributed by atoms with Crippen LogP contribution in [-0.4, -0.2) is 90.5 Å². The molecule has 1 atom stereocenters. The molecule has 2 fully saturated rings. The van der Waals surface area contributed by atoms with Crippen LogP contribution in [0.1, 0.15) is 37.0 Å². The average Bonchev–Trinajstić information content (AvgIpc) is 3.49. The fourth-order valence-corrected chi connectivity index (χ4v) is 5.21. The topological polar surface area (TPSA) is 111 Å². The summed E-state index contributed by atoms with van der Waals surface area (Å²) in [5.41, 5.74) is 7.65. The molecule has 34 heavy (non-hydrogen) atoms. The average molecular weight is 489 g/mol. The van der Waals surface area contributed by atoms with E-state index in [2.05, 4.69) is 15.5 Å². The van der Waals surface area contributed by atoms with Gasteiger partial charge >= 0.3 is 0 Å². The number of carbonyl (C=O) groups is 3. The van der Waals surface area contributed by atoms with Crippen LogP contribution in [0.25, 0.3) is 0 Å². The highest BCUT2D eigenvalue weighted by molar-refractivity contribution is 8.04. The second kappa shape index (κ2) is 12.1. The highest BCUT2D eigenvalue weighted by Crippen LogP contribution is 2.36. The Kier molecular flexibility index (Phi) is 9.23. The summed E-state index contributed by atoms with van der Waals surface area (Å²) >= 11 is 1.32. The number of nitrogens with zero attached hydrogens (tertiary/aromatic N) is 3. The molecular weight excluding hydrogens is 452 g/mol. The van der Waals surface area contributed by atoms with E-state index in [0.29, 0.717) is 36.8 Å². The molecular formula is C24H36N6O3S. The minimum Gasteiger partial charge on any atom is -0.392 e. The van der Waals surface area contributed by atoms with E-state index in [4.69, 9.17) is 5.73 Å². The van der Waals surface area contributed by atoms with Gasteiger partial charge in [0.1, 0.15) is 16.0 Å². The number of hydrogen-bond acceptors (Lipinski definition) is 7. The monoisotopic (exact) mass is 488 g/mol. The second-order valence-corrected chi connectivity index (χ2v) is 9.68. The molecule has 10 heteroatoms. The van der Waals surface area contributed by atoms with Crippen molar-refractivity contribution in [2.75, 3.05) is 58.2 Å². The molecule has 3 rings (SSSR count). The summed E-state index contributed by atoms with van der Waals surface area (Å²) in [4.78, 5) is 43.2. The van der Waals surface area contributed by atoms with Crippen molar-refractivity contribution in [3.8, 4) is 0 Å². The van der Waals surface area contributed by atoms with Gasteiger partial charge in [0, 0.05) is 51.0 Å². The summed E-state index contributed by atoms with van der Waals surface area (Å²) in [6, 6.07) is 7.22. The van der Waals surface area contributed by atoms with Gasteiger partial charge in [0.05, 0.1) is 0 Å². The summed E-state index contributed by atoms with van der Waals surface area (Å²) in [5, 5.41) is 6.37. The molecule has 1 aromatic carbocycles. The largest absolute Gasteiger partial charge is 0.392 e. The maximum absolute atomic E-state index is 12.9. The number of benzene rings is 1. The number of likely N-dealkylation sites (tertiary alicyclic amines) is 1. The first-order chi connectivity index (χ1) is 16.3. The van der Waals surface area contributed by atoms with E-state index in [9.17, 15) is 14.4 Å². The Hall–Kier alpha value is -2.72. The molecule has 2 heterocycles. The number of hydrogen-bond donors (Lipinski definition) is 3. The van der Waals surface area contributed by atoms with Gasteiger partial charge in [0.2, 0.25) is 5.91 Å². The summed E-state index contributed by atoms with van der Waals surface area (Å²) < 4.78 is 0. The van der Waals surface area contributed by atoms with Crippen molar-refractivity contribution >= 4 is 35.2 Å². The number of likely N-dealkylation sites (N-methyl/N-ethyl adjacent to an activating group) is 1. The summed E-state index contributed by atoms with van der Waals surface area (Å²) in [6.45, 7) is 8.86. The predicted octanol–water partition coefficient (Wildman–Crippen LogP) is 1.49. The van der Waals surface area contributed by atoms with E-state index >= 15 is 0 Å². The molecule has 0 spiro atoms. The van der Waals surface area contributed by atoms with Crippen LogP contribution in [-0.2, 0) is 9.59 Å². The van der Waals surface area contributed by atoms with Gasteiger partial charge in [-0.2, -0.15) is 0 Å². The number of nitrogens with one attached hydrogen (secondary N) is 2. The van der Waals surface area contributed by atoms with Crippen molar-refractivity contribution in [2.45, 2.75) is 31.9 Å². The zero-order valence-corrected chi connectivity index (χ0v) is 21.1. The molecule has 0 saturated carbocycles. The lowest BCUT2D eigenvalue weighted by atomic mass is 10.2. The quantitative estimate of drug-likeness (QED) is 0.428. The molecule has 0 radical (unpaired) electrons. The van der Waals surface area contributed by atoms with Gasteiger partial charge in [-0.1, -0.05) is 11.8 Å². The fourth-order valence-electron chi connectivity index (χ4n) is 3.99. The maximum atomic E-state index is 12.9. The van der Waals surface area contributed by atoms with Gasteiger partial charge in [0.15, 0.2) is 0 Å². The smallest absolute Gasteiger partial charge is 0.272 e. The SMILES string of the molecule is CCN(C)C(=O)/C(N)=C1\S[C@H](CNc2ccc(C(=O)NCCN3CCCC3)cc2)C(=O)N1CC. The van der Waals surface area contributed by atoms with Crippen LogP contribution >= 0.6 is 11.8 Å². The molecule has 3 amide bonds. The molecule has 9 nitrogen and oxygen atoms in total. The number of thioether (sulfide) groups is 1. The summed E-state index contributed by atoms with van der Waals surface area (Å²) in [7, 11) is 1.68. The van der Waals surface area contributed by atoms with E-state index in [1.54, 1.807) is 24.1 Å². The maximum Gasteiger partial charge on any atom is 0.272 e. The van der Waals surface area contributed by atoms with Crippen molar-refractivity contribution in [2.24, 2.45) is 5.73 Å². The van der Waals surface area contributed by atoms with Crippen LogP contribution in [0.3, 0.4) is 0 Å². The number of carbonyl (C=O) groups excluding carboxylic acids is 3. The van der Waals surface area contributed by atoms with Crippen LogP contribution < -0.4 is 16.4 Å². The van der Waals surface area contributed by atoms with Crippen molar-refractivity contribution < 1.29 is 14.4 Å². The van der Waals surface area contributed by atoms with E-state index in [1.807, 2.05) is 26.0 Å². The number of nitrogens with two attached hydrogens (primary N) is 1. The van der Waals surface area contributed by atoms with Crippen molar-refractivity contribution in [3.05, 3.63) is 40.6 Å². The van der Waals surface area contributed by atoms with Crippen LogP contribution in [0.2, 0.25) is 0 Å². The molecule has 0 bridgehead atoms. The first kappa shape index (κ1) is 25.9. The summed E-state index contributed by atoms with van der Waals surface area (Å²) in [5.74, 6) is -0.434. The lowest BCUT2D eigenvalue weighted by Gasteiger charge is -2.19. The lowest BCUT2D eigenvalue weighted by molar-refractivity contribution is -0.127. The molecule has 2 saturated heterocycles. The van der Waals surface area contributed by atoms with Crippen LogP contribution in [0.5, 0.6) is 0 Å². The Balaban J connectivity index is 1.53. The van der Waals surface area contributed by atoms with E-state index < -0.39 is 0 Å². The summed E-state index contributed by atoms with van der Waals surface area (Å²) in [6.07, 6.45) is 2.48. The van der Waals surface area contributed by atoms with Gasteiger partial charge in [0.25, 0.3) is 11.8 Å².